The maximum atomic E-state index is 11.4. The molecule has 2 rings (SSSR count). The van der Waals surface area contributed by atoms with Crippen LogP contribution in [0.3, 0.4) is 0 Å². The van der Waals surface area contributed by atoms with E-state index in [4.69, 9.17) is 9.47 Å². The van der Waals surface area contributed by atoms with E-state index >= 15 is 0 Å². The third-order valence-electron chi connectivity index (χ3n) is 3.65. The van der Waals surface area contributed by atoms with Gasteiger partial charge >= 0.3 is 11.9 Å². The zero-order chi connectivity index (χ0) is 20.6. The van der Waals surface area contributed by atoms with Crippen molar-refractivity contribution in [3.8, 4) is 11.5 Å². The molecule has 0 fully saturated rings. The maximum Gasteiger partial charge on any atom is 0.341 e. The number of ether oxygens (including phenoxy) is 4. The fourth-order valence-electron chi connectivity index (χ4n) is 2.17. The van der Waals surface area contributed by atoms with Crippen LogP contribution in [0.1, 0.15) is 31.8 Å². The van der Waals surface area contributed by atoms with Crippen molar-refractivity contribution in [2.75, 3.05) is 28.4 Å². The highest BCUT2D eigenvalue weighted by Gasteiger charge is 2.14. The monoisotopic (exact) mass is 486 g/mol. The van der Waals surface area contributed by atoms with Crippen LogP contribution in [-0.2, 0) is 9.47 Å². The molecule has 7 heteroatoms. The van der Waals surface area contributed by atoms with Gasteiger partial charge in [-0.1, -0.05) is 6.07 Å². The smallest absolute Gasteiger partial charge is 0.341 e. The van der Waals surface area contributed by atoms with Gasteiger partial charge in [-0.2, -0.15) is 0 Å². The third kappa shape index (κ3) is 6.13. The van der Waals surface area contributed by atoms with E-state index in [0.717, 1.165) is 14.7 Å². The second kappa shape index (κ2) is 10.8. The van der Waals surface area contributed by atoms with E-state index in [1.54, 1.807) is 18.2 Å². The quantitative estimate of drug-likeness (QED) is 0.477. The highest BCUT2D eigenvalue weighted by atomic mass is 127. The Labute approximate surface area is 172 Å². The topological polar surface area (TPSA) is 71.1 Å². The fourth-order valence-corrected chi connectivity index (χ4v) is 2.64. The molecule has 0 unspecified atom stereocenters. The summed E-state index contributed by atoms with van der Waals surface area (Å²) < 4.78 is 20.4. The molecule has 0 saturated carbocycles. The molecule has 0 spiro atoms. The Hall–Kier alpha value is -2.29. The van der Waals surface area contributed by atoms with Gasteiger partial charge in [0, 0.05) is 3.57 Å². The Morgan fingerprint density at radius 2 is 1.30 bits per heavy atom. The summed E-state index contributed by atoms with van der Waals surface area (Å²) in [4.78, 5) is 22.6. The van der Waals surface area contributed by atoms with Gasteiger partial charge < -0.3 is 18.9 Å². The van der Waals surface area contributed by atoms with Gasteiger partial charge in [0.05, 0.1) is 28.4 Å². The zero-order valence-corrected chi connectivity index (χ0v) is 18.4. The standard InChI is InChI=1S/C10H11IO3.C10H12O3/c1-6-4-9(13-2)7(5-8(6)11)10(12)14-3;1-7-4-5-8(10(11)13-3)9(6-7)12-2/h4-5H,1-3H3;4-6H,1-3H3. The highest BCUT2D eigenvalue weighted by Crippen LogP contribution is 2.25. The van der Waals surface area contributed by atoms with Crippen LogP contribution in [0.4, 0.5) is 0 Å². The molecule has 0 atom stereocenters. The second-order valence-corrected chi connectivity index (χ2v) is 6.65. The van der Waals surface area contributed by atoms with Crippen molar-refractivity contribution in [2.24, 2.45) is 0 Å². The first-order chi connectivity index (χ1) is 12.8. The Morgan fingerprint density at radius 1 is 0.778 bits per heavy atom. The van der Waals surface area contributed by atoms with Crippen LogP contribution in [-0.4, -0.2) is 40.4 Å². The molecule has 0 heterocycles. The van der Waals surface area contributed by atoms with Crippen molar-refractivity contribution in [1.82, 2.24) is 0 Å². The molecule has 0 saturated heterocycles. The molecule has 2 aromatic carbocycles. The Morgan fingerprint density at radius 3 is 1.81 bits per heavy atom. The molecule has 0 N–H and O–H groups in total. The predicted molar refractivity (Wildman–Crippen MR) is 111 cm³/mol. The normalized spacial score (nSPS) is 9.59. The number of halogens is 1. The fraction of sp³-hybridized carbons (Fsp3) is 0.300. The van der Waals surface area contributed by atoms with Crippen LogP contribution in [0.5, 0.6) is 11.5 Å². The summed E-state index contributed by atoms with van der Waals surface area (Å²) in [5.74, 6) is 0.346. The number of hydrogen-bond acceptors (Lipinski definition) is 6. The maximum absolute atomic E-state index is 11.4. The van der Waals surface area contributed by atoms with Gasteiger partial charge in [-0.3, -0.25) is 0 Å². The SMILES string of the molecule is COC(=O)c1cc(I)c(C)cc1OC.COC(=O)c1ccc(C)cc1OC. The summed E-state index contributed by atoms with van der Waals surface area (Å²) in [6, 6.07) is 8.93. The average Bonchev–Trinajstić information content (AvgIpc) is 2.68. The molecular formula is C20H23IO6. The van der Waals surface area contributed by atoms with Crippen LogP contribution >= 0.6 is 22.6 Å². The minimum atomic E-state index is -0.378. The minimum Gasteiger partial charge on any atom is -0.496 e. The van der Waals surface area contributed by atoms with Crippen molar-refractivity contribution in [2.45, 2.75) is 13.8 Å². The van der Waals surface area contributed by atoms with E-state index in [2.05, 4.69) is 32.1 Å². The van der Waals surface area contributed by atoms with Crippen LogP contribution in [0.2, 0.25) is 0 Å². The van der Waals surface area contributed by atoms with E-state index in [1.165, 1.54) is 28.4 Å². The number of carbonyl (C=O) groups is 2. The largest absolute Gasteiger partial charge is 0.496 e. The van der Waals surface area contributed by atoms with E-state index in [-0.39, 0.29) is 11.9 Å². The average molecular weight is 486 g/mol. The van der Waals surface area contributed by atoms with E-state index < -0.39 is 0 Å². The van der Waals surface area contributed by atoms with E-state index in [1.807, 2.05) is 26.0 Å². The molecule has 0 radical (unpaired) electrons. The molecule has 0 aliphatic heterocycles. The molecule has 0 aliphatic carbocycles. The van der Waals surface area contributed by atoms with Crippen LogP contribution in [0.15, 0.2) is 30.3 Å². The van der Waals surface area contributed by atoms with Gasteiger partial charge in [0.1, 0.15) is 22.6 Å². The summed E-state index contributed by atoms with van der Waals surface area (Å²) >= 11 is 2.17. The number of aryl methyl sites for hydroxylation is 2. The molecule has 2 aromatic rings. The van der Waals surface area contributed by atoms with Crippen molar-refractivity contribution in [3.05, 3.63) is 56.2 Å². The van der Waals surface area contributed by atoms with Gasteiger partial charge in [-0.25, -0.2) is 9.59 Å². The van der Waals surface area contributed by atoms with Crippen LogP contribution in [0, 0.1) is 17.4 Å². The van der Waals surface area contributed by atoms with E-state index in [9.17, 15) is 9.59 Å². The molecule has 0 amide bonds. The summed E-state index contributed by atoms with van der Waals surface area (Å²) in [6.07, 6.45) is 0. The molecule has 6 nitrogen and oxygen atoms in total. The third-order valence-corrected chi connectivity index (χ3v) is 4.81. The lowest BCUT2D eigenvalue weighted by atomic mass is 10.1. The first kappa shape index (κ1) is 22.8. The van der Waals surface area contributed by atoms with Crippen molar-refractivity contribution in [1.29, 1.82) is 0 Å². The summed E-state index contributed by atoms with van der Waals surface area (Å²) in [5, 5.41) is 0. The van der Waals surface area contributed by atoms with Crippen molar-refractivity contribution < 1.29 is 28.5 Å². The number of benzene rings is 2. The summed E-state index contributed by atoms with van der Waals surface area (Å²) in [5.41, 5.74) is 3.04. The predicted octanol–water partition coefficient (Wildman–Crippen LogP) is 4.19. The first-order valence-corrected chi connectivity index (χ1v) is 9.02. The molecule has 146 valence electrons. The Balaban J connectivity index is 0.000000271. The van der Waals surface area contributed by atoms with Crippen molar-refractivity contribution >= 4 is 34.5 Å². The number of rotatable bonds is 4. The highest BCUT2D eigenvalue weighted by molar-refractivity contribution is 14.1. The number of carbonyl (C=O) groups excluding carboxylic acids is 2. The van der Waals surface area contributed by atoms with Crippen LogP contribution in [0.25, 0.3) is 0 Å². The van der Waals surface area contributed by atoms with Gasteiger partial charge in [0.15, 0.2) is 0 Å². The van der Waals surface area contributed by atoms with Gasteiger partial charge in [-0.15, -0.1) is 0 Å². The van der Waals surface area contributed by atoms with Gasteiger partial charge in [0.25, 0.3) is 0 Å². The molecule has 0 aliphatic rings. The summed E-state index contributed by atoms with van der Waals surface area (Å²) in [6.45, 7) is 3.90. The molecule has 0 aromatic heterocycles. The van der Waals surface area contributed by atoms with Crippen LogP contribution < -0.4 is 9.47 Å². The Kier molecular flexibility index (Phi) is 9.07. The lowest BCUT2D eigenvalue weighted by Crippen LogP contribution is -2.05. The molecule has 0 bridgehead atoms. The second-order valence-electron chi connectivity index (χ2n) is 5.49. The number of methoxy groups -OCH3 is 4. The zero-order valence-electron chi connectivity index (χ0n) is 16.2. The first-order valence-electron chi connectivity index (χ1n) is 7.94. The number of hydrogen-bond donors (Lipinski definition) is 0. The van der Waals surface area contributed by atoms with Gasteiger partial charge in [-0.05, 0) is 71.8 Å². The lowest BCUT2D eigenvalue weighted by molar-refractivity contribution is 0.0588. The lowest BCUT2D eigenvalue weighted by Gasteiger charge is -2.08. The van der Waals surface area contributed by atoms with Gasteiger partial charge in [0.2, 0.25) is 0 Å². The van der Waals surface area contributed by atoms with E-state index in [0.29, 0.717) is 22.6 Å². The molecule has 27 heavy (non-hydrogen) atoms. The summed E-state index contributed by atoms with van der Waals surface area (Å²) in [7, 11) is 5.77. The Bertz CT molecular complexity index is 816. The molecular weight excluding hydrogens is 463 g/mol. The minimum absolute atomic E-state index is 0.375. The van der Waals surface area contributed by atoms with Crippen molar-refractivity contribution in [3.63, 3.8) is 0 Å². The number of esters is 2.